The Morgan fingerprint density at radius 3 is 3.06 bits per heavy atom. The van der Waals surface area contributed by atoms with Crippen LogP contribution >= 0.6 is 11.7 Å². The maximum absolute atomic E-state index is 10.0. The number of hydrogen-bond donors (Lipinski definition) is 3. The molecule has 3 N–H and O–H groups in total. The van der Waals surface area contributed by atoms with E-state index in [2.05, 4.69) is 19.3 Å². The average molecular weight is 260 g/mol. The highest BCUT2D eigenvalue weighted by Crippen LogP contribution is 2.37. The third-order valence-electron chi connectivity index (χ3n) is 3.12. The molecule has 8 nitrogen and oxygen atoms in total. The van der Waals surface area contributed by atoms with E-state index in [9.17, 15) is 10.2 Å². The molecular formula is C8H12N4O4S. The number of nitrogens with zero attached hydrogens (tertiary/aromatic N) is 3. The van der Waals surface area contributed by atoms with Gasteiger partial charge in [0.2, 0.25) is 0 Å². The summed E-state index contributed by atoms with van der Waals surface area (Å²) >= 11 is 0.949. The van der Waals surface area contributed by atoms with Crippen molar-refractivity contribution in [3.63, 3.8) is 0 Å². The largest absolute Gasteiger partial charge is 0.388 e. The summed E-state index contributed by atoms with van der Waals surface area (Å²) < 4.78 is 18.4. The summed E-state index contributed by atoms with van der Waals surface area (Å²) in [6.07, 6.45) is -2.66. The van der Waals surface area contributed by atoms with Gasteiger partial charge in [-0.1, -0.05) is 9.59 Å². The maximum Gasteiger partial charge on any atom is 0.256 e. The van der Waals surface area contributed by atoms with Crippen molar-refractivity contribution < 1.29 is 19.7 Å². The molecule has 2 unspecified atom stereocenters. The van der Waals surface area contributed by atoms with Gasteiger partial charge in [0, 0.05) is 0 Å². The summed E-state index contributed by atoms with van der Waals surface area (Å²) in [7, 11) is 0. The Bertz CT molecular complexity index is 404. The van der Waals surface area contributed by atoms with Gasteiger partial charge in [0.1, 0.15) is 23.9 Å². The third kappa shape index (κ3) is 1.70. The average Bonchev–Trinajstić information content (AvgIpc) is 2.91. The molecule has 9 heteroatoms. The Labute approximate surface area is 101 Å². The molecule has 17 heavy (non-hydrogen) atoms. The summed E-state index contributed by atoms with van der Waals surface area (Å²) in [4.78, 5) is 0. The van der Waals surface area contributed by atoms with Gasteiger partial charge in [0.05, 0.1) is 18.3 Å². The Morgan fingerprint density at radius 1 is 1.53 bits per heavy atom. The molecule has 2 fully saturated rings. The molecule has 0 radical (unpaired) electrons. The first-order valence-corrected chi connectivity index (χ1v) is 5.90. The summed E-state index contributed by atoms with van der Waals surface area (Å²) in [6.45, 7) is 1.95. The molecule has 1 aromatic rings. The Balaban J connectivity index is 1.81. The van der Waals surface area contributed by atoms with Crippen LogP contribution in [0, 0.1) is 0 Å². The van der Waals surface area contributed by atoms with Crippen molar-refractivity contribution in [1.29, 1.82) is 0 Å². The van der Waals surface area contributed by atoms with E-state index in [0.29, 0.717) is 0 Å². The third-order valence-corrected chi connectivity index (χ3v) is 3.53. The molecule has 2 saturated heterocycles. The molecule has 0 saturated carbocycles. The molecule has 0 aromatic carbocycles. The van der Waals surface area contributed by atoms with Crippen LogP contribution < -0.4 is 5.32 Å². The van der Waals surface area contributed by atoms with Crippen molar-refractivity contribution in [2.24, 2.45) is 0 Å². The van der Waals surface area contributed by atoms with E-state index in [1.54, 1.807) is 6.92 Å². The van der Waals surface area contributed by atoms with Gasteiger partial charge in [-0.2, -0.15) is 0 Å². The first-order chi connectivity index (χ1) is 8.10. The van der Waals surface area contributed by atoms with Crippen LogP contribution in [-0.4, -0.2) is 60.9 Å². The first kappa shape index (κ1) is 11.2. The number of nitrogens with one attached hydrogen (secondary N) is 1. The quantitative estimate of drug-likeness (QED) is 0.594. The lowest BCUT2D eigenvalue weighted by Crippen LogP contribution is -2.61. The molecular weight excluding hydrogens is 248 g/mol. The molecule has 2 aliphatic rings. The van der Waals surface area contributed by atoms with Crippen molar-refractivity contribution in [2.45, 2.75) is 37.1 Å². The number of hydrogen-bond acceptors (Lipinski definition) is 9. The smallest absolute Gasteiger partial charge is 0.256 e. The van der Waals surface area contributed by atoms with Crippen LogP contribution in [0.2, 0.25) is 0 Å². The fourth-order valence-corrected chi connectivity index (χ4v) is 2.44. The van der Waals surface area contributed by atoms with Crippen LogP contribution in [0.1, 0.15) is 6.92 Å². The van der Waals surface area contributed by atoms with Gasteiger partial charge in [-0.05, 0) is 6.92 Å². The molecule has 2 bridgehead atoms. The second-order valence-corrected chi connectivity index (χ2v) is 4.90. The Hall–Kier alpha value is -0.870. The summed E-state index contributed by atoms with van der Waals surface area (Å²) in [5.41, 5.74) is -0.851. The topological polar surface area (TPSA) is 110 Å². The fraction of sp³-hybridized carbons (Fsp3) is 0.875. The van der Waals surface area contributed by atoms with E-state index in [0.717, 1.165) is 11.7 Å². The predicted molar refractivity (Wildman–Crippen MR) is 56.4 cm³/mol. The molecule has 5 atom stereocenters. The predicted octanol–water partition coefficient (Wildman–Crippen LogP) is -1.42. The van der Waals surface area contributed by atoms with Gasteiger partial charge >= 0.3 is 0 Å². The number of aliphatic hydroxyl groups excluding tert-OH is 2. The van der Waals surface area contributed by atoms with Crippen molar-refractivity contribution in [3.8, 4) is 0 Å². The lowest BCUT2D eigenvalue weighted by atomic mass is 9.89. The second kappa shape index (κ2) is 3.82. The number of rotatable bonds is 2. The van der Waals surface area contributed by atoms with Crippen molar-refractivity contribution in [1.82, 2.24) is 14.0 Å². The lowest BCUT2D eigenvalue weighted by Gasteiger charge is -2.40. The highest BCUT2D eigenvalue weighted by atomic mass is 32.1. The second-order valence-electron chi connectivity index (χ2n) is 4.39. The standard InChI is InChI=1S/C8H12N4O4S/c1-8-2-15-6(16-8)3(4(13)5(8)14)9-7-10-12-17-11-7/h3-6,13-14H,2H2,1H3,(H,9,11)/t3-,4?,5?,6+,8+/m1/s1. The summed E-state index contributed by atoms with van der Waals surface area (Å²) in [5, 5.41) is 26.6. The van der Waals surface area contributed by atoms with Gasteiger partial charge in [-0.25, -0.2) is 0 Å². The van der Waals surface area contributed by atoms with Crippen molar-refractivity contribution >= 4 is 17.7 Å². The first-order valence-electron chi connectivity index (χ1n) is 5.17. The number of aromatic nitrogens is 3. The van der Waals surface area contributed by atoms with Crippen molar-refractivity contribution in [3.05, 3.63) is 0 Å². The molecule has 94 valence electrons. The van der Waals surface area contributed by atoms with Gasteiger partial charge in [-0.15, -0.1) is 4.37 Å². The zero-order chi connectivity index (χ0) is 12.0. The van der Waals surface area contributed by atoms with E-state index in [-0.39, 0.29) is 12.6 Å². The Morgan fingerprint density at radius 2 is 2.35 bits per heavy atom. The van der Waals surface area contributed by atoms with Gasteiger partial charge in [0.15, 0.2) is 6.29 Å². The minimum atomic E-state index is -1.02. The van der Waals surface area contributed by atoms with Crippen LogP contribution in [0.5, 0.6) is 0 Å². The van der Waals surface area contributed by atoms with Gasteiger partial charge in [0.25, 0.3) is 5.95 Å². The number of aliphatic hydroxyl groups is 2. The Kier molecular flexibility index (Phi) is 2.52. The van der Waals surface area contributed by atoms with E-state index in [1.807, 2.05) is 0 Å². The minimum absolute atomic E-state index is 0.247. The minimum Gasteiger partial charge on any atom is -0.388 e. The van der Waals surface area contributed by atoms with Crippen LogP contribution in [0.15, 0.2) is 0 Å². The van der Waals surface area contributed by atoms with Crippen LogP contribution in [0.3, 0.4) is 0 Å². The molecule has 1 aromatic heterocycles. The monoisotopic (exact) mass is 260 g/mol. The van der Waals surface area contributed by atoms with Crippen LogP contribution in [0.4, 0.5) is 5.95 Å². The summed E-state index contributed by atoms with van der Waals surface area (Å²) in [6, 6.07) is -0.614. The van der Waals surface area contributed by atoms with E-state index >= 15 is 0 Å². The number of ether oxygens (including phenoxy) is 2. The van der Waals surface area contributed by atoms with E-state index in [4.69, 9.17) is 9.47 Å². The van der Waals surface area contributed by atoms with Gasteiger partial charge in [-0.3, -0.25) is 0 Å². The maximum atomic E-state index is 10.0. The van der Waals surface area contributed by atoms with Gasteiger partial charge < -0.3 is 25.0 Å². The zero-order valence-corrected chi connectivity index (χ0v) is 9.79. The molecule has 0 amide bonds. The summed E-state index contributed by atoms with van der Waals surface area (Å²) in [5.74, 6) is 0.286. The highest BCUT2D eigenvalue weighted by molar-refractivity contribution is 6.99. The molecule has 3 rings (SSSR count). The fourth-order valence-electron chi connectivity index (χ4n) is 2.12. The molecule has 3 heterocycles. The van der Waals surface area contributed by atoms with Crippen LogP contribution in [-0.2, 0) is 9.47 Å². The van der Waals surface area contributed by atoms with E-state index in [1.165, 1.54) is 0 Å². The zero-order valence-electron chi connectivity index (χ0n) is 8.98. The lowest BCUT2D eigenvalue weighted by molar-refractivity contribution is -0.208. The normalized spacial score (nSPS) is 44.9. The van der Waals surface area contributed by atoms with E-state index < -0.39 is 30.1 Å². The molecule has 0 spiro atoms. The molecule has 2 aliphatic heterocycles. The molecule has 0 aliphatic carbocycles. The van der Waals surface area contributed by atoms with Crippen LogP contribution in [0.25, 0.3) is 0 Å². The number of anilines is 1. The number of fused-ring (bicyclic) bond motifs is 2. The van der Waals surface area contributed by atoms with Crippen molar-refractivity contribution in [2.75, 3.05) is 11.9 Å². The SMILES string of the molecule is C[C@@]12CO[C@@H](O1)[C@H](Nc1nnsn1)C(O)C2O. The highest BCUT2D eigenvalue weighted by Gasteiger charge is 2.56.